The van der Waals surface area contributed by atoms with Crippen molar-refractivity contribution in [2.45, 2.75) is 167 Å². The van der Waals surface area contributed by atoms with Gasteiger partial charge in [-0.2, -0.15) is 0 Å². The Labute approximate surface area is 211 Å². The molecular formula is C31H56O3. The SMILES string of the molecule is CCC1CCC(COC2CC(OC3CCC(CC)CC3)CC(OC3CCC(CC)CC3)C2)CC1. The molecule has 0 spiro atoms. The highest BCUT2D eigenvalue weighted by atomic mass is 16.5. The van der Waals surface area contributed by atoms with Crippen molar-refractivity contribution in [1.82, 2.24) is 0 Å². The van der Waals surface area contributed by atoms with Gasteiger partial charge in [-0.1, -0.05) is 52.9 Å². The summed E-state index contributed by atoms with van der Waals surface area (Å²) in [6, 6.07) is 0. The summed E-state index contributed by atoms with van der Waals surface area (Å²) < 4.78 is 20.2. The van der Waals surface area contributed by atoms with Crippen molar-refractivity contribution in [3.63, 3.8) is 0 Å². The van der Waals surface area contributed by atoms with Crippen LogP contribution in [-0.2, 0) is 14.2 Å². The molecule has 0 amide bonds. The van der Waals surface area contributed by atoms with Crippen LogP contribution >= 0.6 is 0 Å². The summed E-state index contributed by atoms with van der Waals surface area (Å²) in [6.07, 6.45) is 25.2. The van der Waals surface area contributed by atoms with Gasteiger partial charge < -0.3 is 14.2 Å². The zero-order chi connectivity index (χ0) is 23.8. The third kappa shape index (κ3) is 8.20. The van der Waals surface area contributed by atoms with Crippen LogP contribution in [0.25, 0.3) is 0 Å². The molecule has 3 heteroatoms. The zero-order valence-electron chi connectivity index (χ0n) is 22.9. The van der Waals surface area contributed by atoms with E-state index in [0.29, 0.717) is 30.5 Å². The third-order valence-corrected chi connectivity index (χ3v) is 10.2. The topological polar surface area (TPSA) is 27.7 Å². The van der Waals surface area contributed by atoms with Crippen LogP contribution < -0.4 is 0 Å². The molecule has 0 aromatic carbocycles. The highest BCUT2D eigenvalue weighted by Crippen LogP contribution is 2.36. The van der Waals surface area contributed by atoms with E-state index in [1.165, 1.54) is 96.3 Å². The average Bonchev–Trinajstić information content (AvgIpc) is 2.88. The van der Waals surface area contributed by atoms with Gasteiger partial charge in [-0.05, 0) is 107 Å². The van der Waals surface area contributed by atoms with Crippen molar-refractivity contribution >= 4 is 0 Å². The van der Waals surface area contributed by atoms with Gasteiger partial charge in [0.2, 0.25) is 0 Å². The van der Waals surface area contributed by atoms with E-state index in [-0.39, 0.29) is 0 Å². The summed E-state index contributed by atoms with van der Waals surface area (Å²) in [5.41, 5.74) is 0. The first-order valence-corrected chi connectivity index (χ1v) is 15.6. The predicted octanol–water partition coefficient (Wildman–Crippen LogP) is 8.48. The Morgan fingerprint density at radius 2 is 0.765 bits per heavy atom. The summed E-state index contributed by atoms with van der Waals surface area (Å²) in [5.74, 6) is 3.60. The van der Waals surface area contributed by atoms with Crippen LogP contribution in [0.15, 0.2) is 0 Å². The Morgan fingerprint density at radius 1 is 0.412 bits per heavy atom. The molecule has 0 aromatic heterocycles. The second-order valence-corrected chi connectivity index (χ2v) is 12.6. The lowest BCUT2D eigenvalue weighted by Crippen LogP contribution is -2.41. The summed E-state index contributed by atoms with van der Waals surface area (Å²) >= 11 is 0. The van der Waals surface area contributed by atoms with Gasteiger partial charge >= 0.3 is 0 Å². The Kier molecular flexibility index (Phi) is 11.1. The van der Waals surface area contributed by atoms with Crippen LogP contribution in [0.3, 0.4) is 0 Å². The standard InChI is InChI=1S/C31H56O3/c1-4-23-7-9-26(10-8-23)22-32-29-19-30(33-27-15-11-24(5-2)12-16-27)21-31(20-29)34-28-17-13-25(6-3)14-18-28/h23-31H,4-22H2,1-3H3. The summed E-state index contributed by atoms with van der Waals surface area (Å²) in [6.45, 7) is 8.01. The van der Waals surface area contributed by atoms with Gasteiger partial charge in [-0.3, -0.25) is 0 Å². The fraction of sp³-hybridized carbons (Fsp3) is 1.00. The first-order valence-electron chi connectivity index (χ1n) is 15.6. The van der Waals surface area contributed by atoms with E-state index in [0.717, 1.165) is 49.5 Å². The molecule has 4 saturated carbocycles. The molecule has 4 fully saturated rings. The van der Waals surface area contributed by atoms with Crippen molar-refractivity contribution in [3.05, 3.63) is 0 Å². The minimum atomic E-state index is 0.326. The first-order chi connectivity index (χ1) is 16.6. The largest absolute Gasteiger partial charge is 0.378 e. The van der Waals surface area contributed by atoms with E-state index in [2.05, 4.69) is 20.8 Å². The quantitative estimate of drug-likeness (QED) is 0.316. The summed E-state index contributed by atoms with van der Waals surface area (Å²) in [7, 11) is 0. The molecule has 0 bridgehead atoms. The predicted molar refractivity (Wildman–Crippen MR) is 141 cm³/mol. The molecule has 0 aromatic rings. The van der Waals surface area contributed by atoms with Gasteiger partial charge in [0, 0.05) is 6.61 Å². The molecule has 34 heavy (non-hydrogen) atoms. The highest BCUT2D eigenvalue weighted by Gasteiger charge is 2.35. The molecule has 3 nitrogen and oxygen atoms in total. The lowest BCUT2D eigenvalue weighted by atomic mass is 9.81. The molecule has 2 unspecified atom stereocenters. The van der Waals surface area contributed by atoms with Gasteiger partial charge in [-0.15, -0.1) is 0 Å². The second-order valence-electron chi connectivity index (χ2n) is 12.6. The van der Waals surface area contributed by atoms with Gasteiger partial charge in [-0.25, -0.2) is 0 Å². The smallest absolute Gasteiger partial charge is 0.0628 e. The fourth-order valence-electron chi connectivity index (χ4n) is 7.50. The first kappa shape index (κ1) is 26.9. The molecule has 4 rings (SSSR count). The molecule has 0 radical (unpaired) electrons. The molecule has 2 atom stereocenters. The molecule has 4 aliphatic carbocycles. The molecule has 0 N–H and O–H groups in total. The van der Waals surface area contributed by atoms with Crippen molar-refractivity contribution in [1.29, 1.82) is 0 Å². The van der Waals surface area contributed by atoms with Crippen molar-refractivity contribution < 1.29 is 14.2 Å². The maximum atomic E-state index is 6.77. The van der Waals surface area contributed by atoms with E-state index in [1.807, 2.05) is 0 Å². The Balaban J connectivity index is 1.27. The Morgan fingerprint density at radius 3 is 1.18 bits per heavy atom. The number of ether oxygens (including phenoxy) is 3. The number of rotatable bonds is 10. The zero-order valence-corrected chi connectivity index (χ0v) is 22.9. The van der Waals surface area contributed by atoms with Gasteiger partial charge in [0.05, 0.1) is 30.5 Å². The van der Waals surface area contributed by atoms with Crippen molar-refractivity contribution in [3.8, 4) is 0 Å². The van der Waals surface area contributed by atoms with Crippen LogP contribution in [0.2, 0.25) is 0 Å². The van der Waals surface area contributed by atoms with Crippen LogP contribution in [0, 0.1) is 23.7 Å². The maximum absolute atomic E-state index is 6.77. The van der Waals surface area contributed by atoms with Crippen LogP contribution in [-0.4, -0.2) is 37.1 Å². The van der Waals surface area contributed by atoms with E-state index < -0.39 is 0 Å². The molecule has 198 valence electrons. The second kappa shape index (κ2) is 14.0. The van der Waals surface area contributed by atoms with Crippen LogP contribution in [0.4, 0.5) is 0 Å². The maximum Gasteiger partial charge on any atom is 0.0628 e. The molecule has 0 aliphatic heterocycles. The molecule has 0 saturated heterocycles. The molecular weight excluding hydrogens is 420 g/mol. The van der Waals surface area contributed by atoms with Crippen LogP contribution in [0.5, 0.6) is 0 Å². The van der Waals surface area contributed by atoms with E-state index in [9.17, 15) is 0 Å². The minimum Gasteiger partial charge on any atom is -0.378 e. The lowest BCUT2D eigenvalue weighted by Gasteiger charge is -2.40. The lowest BCUT2D eigenvalue weighted by molar-refractivity contribution is -0.145. The van der Waals surface area contributed by atoms with Crippen molar-refractivity contribution in [2.24, 2.45) is 23.7 Å². The minimum absolute atomic E-state index is 0.326. The van der Waals surface area contributed by atoms with E-state index in [1.54, 1.807) is 0 Å². The van der Waals surface area contributed by atoms with Crippen molar-refractivity contribution in [2.75, 3.05) is 6.61 Å². The van der Waals surface area contributed by atoms with Gasteiger partial charge in [0.15, 0.2) is 0 Å². The molecule has 0 heterocycles. The Hall–Kier alpha value is -0.120. The summed E-state index contributed by atoms with van der Waals surface area (Å²) in [4.78, 5) is 0. The monoisotopic (exact) mass is 476 g/mol. The summed E-state index contributed by atoms with van der Waals surface area (Å²) in [5, 5.41) is 0. The normalized spacial score (nSPS) is 41.9. The van der Waals surface area contributed by atoms with Crippen LogP contribution in [0.1, 0.15) is 136 Å². The average molecular weight is 477 g/mol. The third-order valence-electron chi connectivity index (χ3n) is 10.2. The Bertz CT molecular complexity index is 507. The van der Waals surface area contributed by atoms with E-state index in [4.69, 9.17) is 14.2 Å². The highest BCUT2D eigenvalue weighted by molar-refractivity contribution is 4.85. The van der Waals surface area contributed by atoms with E-state index >= 15 is 0 Å². The number of hydrogen-bond acceptors (Lipinski definition) is 3. The van der Waals surface area contributed by atoms with Gasteiger partial charge in [0.1, 0.15) is 0 Å². The number of hydrogen-bond donors (Lipinski definition) is 0. The fourth-order valence-corrected chi connectivity index (χ4v) is 7.50. The molecule has 4 aliphatic rings. The van der Waals surface area contributed by atoms with Gasteiger partial charge in [0.25, 0.3) is 0 Å².